The Morgan fingerprint density at radius 3 is 3.00 bits per heavy atom. The lowest BCUT2D eigenvalue weighted by Crippen LogP contribution is -2.40. The summed E-state index contributed by atoms with van der Waals surface area (Å²) in [6, 6.07) is 12.4. The molecule has 1 atom stereocenters. The monoisotopic (exact) mass is 350 g/mol. The highest BCUT2D eigenvalue weighted by Crippen LogP contribution is 2.30. The van der Waals surface area contributed by atoms with Crippen LogP contribution in [0.4, 0.5) is 0 Å². The maximum Gasteiger partial charge on any atom is 0.255 e. The summed E-state index contributed by atoms with van der Waals surface area (Å²) in [4.78, 5) is 19.0. The van der Waals surface area contributed by atoms with Crippen molar-refractivity contribution in [2.45, 2.75) is 26.2 Å². The predicted octanol–water partition coefficient (Wildman–Crippen LogP) is 4.70. The largest absolute Gasteiger partial charge is 0.338 e. The fourth-order valence-electron chi connectivity index (χ4n) is 3.69. The second-order valence-corrected chi connectivity index (χ2v) is 7.82. The number of hydrogen-bond donors (Lipinski definition) is 0. The zero-order chi connectivity index (χ0) is 17.2. The fourth-order valence-corrected chi connectivity index (χ4v) is 4.67. The van der Waals surface area contributed by atoms with Gasteiger partial charge in [0.25, 0.3) is 5.91 Å². The summed E-state index contributed by atoms with van der Waals surface area (Å²) in [7, 11) is 0. The van der Waals surface area contributed by atoms with Crippen molar-refractivity contribution >= 4 is 27.3 Å². The van der Waals surface area contributed by atoms with Crippen LogP contribution >= 0.6 is 11.3 Å². The number of benzene rings is 1. The van der Waals surface area contributed by atoms with E-state index in [0.717, 1.165) is 31.6 Å². The Morgan fingerprint density at radius 1 is 1.28 bits per heavy atom. The number of likely N-dealkylation sites (tertiary alicyclic amines) is 1. The average Bonchev–Trinajstić information content (AvgIpc) is 3.05. The van der Waals surface area contributed by atoms with E-state index in [0.29, 0.717) is 11.5 Å². The Hall–Kier alpha value is -2.20. The standard InChI is InChI=1S/C21H22N2OS/c1-15-8-9-17(12-22-15)21(24)23-10-4-5-16(13-23)11-18-14-25-20-7-3-2-6-19(18)20/h2-3,6-9,12,14,16H,4-5,10-11,13H2,1H3. The molecule has 0 spiro atoms. The van der Waals surface area contributed by atoms with Crippen molar-refractivity contribution in [3.05, 3.63) is 64.8 Å². The van der Waals surface area contributed by atoms with Gasteiger partial charge in [0.05, 0.1) is 5.56 Å². The first kappa shape index (κ1) is 16.3. The van der Waals surface area contributed by atoms with Gasteiger partial charge in [-0.2, -0.15) is 0 Å². The number of fused-ring (bicyclic) bond motifs is 1. The van der Waals surface area contributed by atoms with E-state index in [-0.39, 0.29) is 5.91 Å². The predicted molar refractivity (Wildman–Crippen MR) is 103 cm³/mol. The number of carbonyl (C=O) groups excluding carboxylic acids is 1. The molecule has 1 amide bonds. The third-order valence-corrected chi connectivity index (χ3v) is 6.05. The van der Waals surface area contributed by atoms with Crippen LogP contribution in [0.25, 0.3) is 10.1 Å². The Kier molecular flexibility index (Phi) is 4.53. The quantitative estimate of drug-likeness (QED) is 0.686. The summed E-state index contributed by atoms with van der Waals surface area (Å²) >= 11 is 1.82. The summed E-state index contributed by atoms with van der Waals surface area (Å²) in [5, 5.41) is 3.66. The highest BCUT2D eigenvalue weighted by Gasteiger charge is 2.25. The van der Waals surface area contributed by atoms with E-state index in [4.69, 9.17) is 0 Å². The molecule has 4 heteroatoms. The van der Waals surface area contributed by atoms with Crippen LogP contribution in [0.5, 0.6) is 0 Å². The number of pyridine rings is 1. The number of carbonyl (C=O) groups is 1. The van der Waals surface area contributed by atoms with Gasteiger partial charge in [-0.1, -0.05) is 18.2 Å². The molecule has 3 aromatic rings. The zero-order valence-electron chi connectivity index (χ0n) is 14.4. The summed E-state index contributed by atoms with van der Waals surface area (Å²) in [6.45, 7) is 3.64. The van der Waals surface area contributed by atoms with E-state index >= 15 is 0 Å². The first-order valence-electron chi connectivity index (χ1n) is 8.88. The third-order valence-electron chi connectivity index (χ3n) is 5.03. The minimum Gasteiger partial charge on any atom is -0.338 e. The van der Waals surface area contributed by atoms with Crippen molar-refractivity contribution in [3.8, 4) is 0 Å². The summed E-state index contributed by atoms with van der Waals surface area (Å²) in [5.41, 5.74) is 3.07. The molecular formula is C21H22N2OS. The molecule has 25 heavy (non-hydrogen) atoms. The molecule has 1 aromatic carbocycles. The van der Waals surface area contributed by atoms with Gasteiger partial charge in [-0.3, -0.25) is 9.78 Å². The molecule has 1 aliphatic heterocycles. The summed E-state index contributed by atoms with van der Waals surface area (Å²) in [5.74, 6) is 0.654. The minimum atomic E-state index is 0.118. The van der Waals surface area contributed by atoms with Gasteiger partial charge in [-0.25, -0.2) is 0 Å². The minimum absolute atomic E-state index is 0.118. The molecule has 3 heterocycles. The molecule has 0 radical (unpaired) electrons. The number of amides is 1. The maximum absolute atomic E-state index is 12.8. The molecule has 1 aliphatic rings. The molecule has 0 aliphatic carbocycles. The van der Waals surface area contributed by atoms with Crippen molar-refractivity contribution < 1.29 is 4.79 Å². The number of piperidine rings is 1. The fraction of sp³-hybridized carbons (Fsp3) is 0.333. The maximum atomic E-state index is 12.8. The second kappa shape index (κ2) is 6.96. The van der Waals surface area contributed by atoms with E-state index in [1.807, 2.05) is 35.3 Å². The van der Waals surface area contributed by atoms with Crippen molar-refractivity contribution in [2.24, 2.45) is 5.92 Å². The Morgan fingerprint density at radius 2 is 2.16 bits per heavy atom. The molecule has 0 bridgehead atoms. The molecule has 0 N–H and O–H groups in total. The van der Waals surface area contributed by atoms with Crippen LogP contribution in [-0.2, 0) is 6.42 Å². The number of nitrogens with zero attached hydrogens (tertiary/aromatic N) is 2. The van der Waals surface area contributed by atoms with Crippen molar-refractivity contribution in [3.63, 3.8) is 0 Å². The van der Waals surface area contributed by atoms with Gasteiger partial charge in [0.2, 0.25) is 0 Å². The molecule has 1 fully saturated rings. The van der Waals surface area contributed by atoms with Crippen LogP contribution in [0, 0.1) is 12.8 Å². The van der Waals surface area contributed by atoms with Crippen LogP contribution in [0.1, 0.15) is 34.5 Å². The van der Waals surface area contributed by atoms with E-state index in [2.05, 4.69) is 34.6 Å². The van der Waals surface area contributed by atoms with Gasteiger partial charge in [-0.15, -0.1) is 11.3 Å². The summed E-state index contributed by atoms with van der Waals surface area (Å²) in [6.07, 6.45) is 5.03. The number of thiophene rings is 1. The molecule has 3 nitrogen and oxygen atoms in total. The van der Waals surface area contributed by atoms with Gasteiger partial charge in [0.1, 0.15) is 0 Å². The Bertz CT molecular complexity index is 884. The third kappa shape index (κ3) is 3.45. The van der Waals surface area contributed by atoms with Crippen LogP contribution in [0.15, 0.2) is 48.0 Å². The van der Waals surface area contributed by atoms with E-state index < -0.39 is 0 Å². The Labute approximate surface area is 152 Å². The number of aryl methyl sites for hydroxylation is 1. The number of hydrogen-bond acceptors (Lipinski definition) is 3. The van der Waals surface area contributed by atoms with Crippen LogP contribution in [0.3, 0.4) is 0 Å². The zero-order valence-corrected chi connectivity index (χ0v) is 15.3. The lowest BCUT2D eigenvalue weighted by atomic mass is 9.91. The number of rotatable bonds is 3. The van der Waals surface area contributed by atoms with Gasteiger partial charge in [-0.05, 0) is 66.6 Å². The van der Waals surface area contributed by atoms with Gasteiger partial charge in [0.15, 0.2) is 0 Å². The lowest BCUT2D eigenvalue weighted by molar-refractivity contribution is 0.0673. The average molecular weight is 350 g/mol. The second-order valence-electron chi connectivity index (χ2n) is 6.91. The van der Waals surface area contributed by atoms with Crippen LogP contribution < -0.4 is 0 Å². The molecule has 0 saturated carbocycles. The first-order chi connectivity index (χ1) is 12.2. The summed E-state index contributed by atoms with van der Waals surface area (Å²) < 4.78 is 1.35. The number of aromatic nitrogens is 1. The molecular weight excluding hydrogens is 328 g/mol. The molecule has 128 valence electrons. The van der Waals surface area contributed by atoms with Crippen molar-refractivity contribution in [1.82, 2.24) is 9.88 Å². The van der Waals surface area contributed by atoms with Crippen molar-refractivity contribution in [1.29, 1.82) is 0 Å². The Balaban J connectivity index is 1.47. The van der Waals surface area contributed by atoms with E-state index in [1.165, 1.54) is 22.1 Å². The smallest absolute Gasteiger partial charge is 0.255 e. The van der Waals surface area contributed by atoms with Gasteiger partial charge >= 0.3 is 0 Å². The highest BCUT2D eigenvalue weighted by atomic mass is 32.1. The molecule has 1 unspecified atom stereocenters. The topological polar surface area (TPSA) is 33.2 Å². The molecule has 1 saturated heterocycles. The van der Waals surface area contributed by atoms with E-state index in [1.54, 1.807) is 6.20 Å². The van der Waals surface area contributed by atoms with E-state index in [9.17, 15) is 4.79 Å². The SMILES string of the molecule is Cc1ccc(C(=O)N2CCCC(Cc3csc4ccccc34)C2)cn1. The lowest BCUT2D eigenvalue weighted by Gasteiger charge is -2.33. The highest BCUT2D eigenvalue weighted by molar-refractivity contribution is 7.17. The molecule has 2 aromatic heterocycles. The molecule has 4 rings (SSSR count). The first-order valence-corrected chi connectivity index (χ1v) is 9.76. The van der Waals surface area contributed by atoms with Crippen LogP contribution in [0.2, 0.25) is 0 Å². The van der Waals surface area contributed by atoms with Crippen molar-refractivity contribution in [2.75, 3.05) is 13.1 Å². The van der Waals surface area contributed by atoms with Gasteiger partial charge in [0, 0.05) is 29.7 Å². The van der Waals surface area contributed by atoms with Crippen LogP contribution in [-0.4, -0.2) is 28.9 Å². The van der Waals surface area contributed by atoms with Gasteiger partial charge < -0.3 is 4.90 Å². The normalized spacial score (nSPS) is 17.8.